The predicted molar refractivity (Wildman–Crippen MR) is 90.1 cm³/mol. The molecular formula is C17H25N5O2. The van der Waals surface area contributed by atoms with E-state index in [0.717, 1.165) is 39.1 Å². The van der Waals surface area contributed by atoms with Crippen LogP contribution in [0.15, 0.2) is 12.4 Å². The maximum Gasteiger partial charge on any atom is 0.257 e. The van der Waals surface area contributed by atoms with Crippen LogP contribution < -0.4 is 4.90 Å². The molecule has 2 bridgehead atoms. The Kier molecular flexibility index (Phi) is 4.37. The summed E-state index contributed by atoms with van der Waals surface area (Å²) in [4.78, 5) is 28.3. The van der Waals surface area contributed by atoms with E-state index in [2.05, 4.69) is 26.8 Å². The van der Waals surface area contributed by atoms with Crippen LogP contribution in [0.5, 0.6) is 0 Å². The molecule has 0 aromatic carbocycles. The summed E-state index contributed by atoms with van der Waals surface area (Å²) in [6.45, 7) is 5.93. The van der Waals surface area contributed by atoms with Crippen molar-refractivity contribution in [1.82, 2.24) is 19.8 Å². The number of fused-ring (bicyclic) bond motifs is 4. The second-order valence-electron chi connectivity index (χ2n) is 7.15. The van der Waals surface area contributed by atoms with E-state index < -0.39 is 0 Å². The number of piperidine rings is 1. The monoisotopic (exact) mass is 331 g/mol. The van der Waals surface area contributed by atoms with E-state index in [1.807, 2.05) is 4.90 Å². The summed E-state index contributed by atoms with van der Waals surface area (Å²) < 4.78 is 5.35. The van der Waals surface area contributed by atoms with Gasteiger partial charge in [-0.2, -0.15) is 0 Å². The summed E-state index contributed by atoms with van der Waals surface area (Å²) in [5.74, 6) is 1.35. The first-order valence-corrected chi connectivity index (χ1v) is 8.85. The molecule has 0 aliphatic carbocycles. The number of hydrogen-bond donors (Lipinski definition) is 0. The van der Waals surface area contributed by atoms with E-state index in [0.29, 0.717) is 36.7 Å². The topological polar surface area (TPSA) is 61.8 Å². The fourth-order valence-electron chi connectivity index (χ4n) is 4.09. The number of rotatable bonds is 2. The molecule has 0 spiro atoms. The number of morpholine rings is 1. The number of carbonyl (C=O) groups excluding carboxylic acids is 1. The third-order valence-electron chi connectivity index (χ3n) is 5.34. The number of hydrogen-bond acceptors (Lipinski definition) is 6. The minimum atomic E-state index is 0.0773. The molecule has 4 aliphatic rings. The van der Waals surface area contributed by atoms with Crippen molar-refractivity contribution < 1.29 is 9.53 Å². The van der Waals surface area contributed by atoms with Gasteiger partial charge in [0.05, 0.1) is 18.8 Å². The van der Waals surface area contributed by atoms with Crippen molar-refractivity contribution in [3.8, 4) is 0 Å². The molecule has 0 N–H and O–H groups in total. The van der Waals surface area contributed by atoms with Gasteiger partial charge in [-0.05, 0) is 25.8 Å². The van der Waals surface area contributed by atoms with Gasteiger partial charge in [-0.1, -0.05) is 0 Å². The van der Waals surface area contributed by atoms with Crippen molar-refractivity contribution in [3.63, 3.8) is 0 Å². The standard InChI is InChI=1S/C17H25N5O2/c1-20-10-13-2-3-15(12-20)22(11-13)16(23)14-8-18-17(19-9-14)21-4-6-24-7-5-21/h8-9,13,15H,2-7,10-12H2,1H3/t13-,15+/m0/s1. The molecule has 4 aliphatic heterocycles. The van der Waals surface area contributed by atoms with Crippen molar-refractivity contribution >= 4 is 11.9 Å². The minimum absolute atomic E-state index is 0.0773. The van der Waals surface area contributed by atoms with Crippen LogP contribution in [-0.4, -0.2) is 84.7 Å². The Morgan fingerprint density at radius 1 is 1.12 bits per heavy atom. The van der Waals surface area contributed by atoms with Crippen molar-refractivity contribution in [3.05, 3.63) is 18.0 Å². The van der Waals surface area contributed by atoms with Crippen molar-refractivity contribution in [2.24, 2.45) is 5.92 Å². The summed E-state index contributed by atoms with van der Waals surface area (Å²) in [5.41, 5.74) is 0.599. The van der Waals surface area contributed by atoms with Crippen LogP contribution in [0.1, 0.15) is 23.2 Å². The van der Waals surface area contributed by atoms with Crippen LogP contribution >= 0.6 is 0 Å². The molecule has 0 radical (unpaired) electrons. The van der Waals surface area contributed by atoms with E-state index in [4.69, 9.17) is 4.74 Å². The van der Waals surface area contributed by atoms with Crippen LogP contribution in [0.2, 0.25) is 0 Å². The highest BCUT2D eigenvalue weighted by Crippen LogP contribution is 2.28. The summed E-state index contributed by atoms with van der Waals surface area (Å²) >= 11 is 0. The smallest absolute Gasteiger partial charge is 0.257 e. The van der Waals surface area contributed by atoms with Crippen molar-refractivity contribution in [2.75, 3.05) is 57.9 Å². The second kappa shape index (κ2) is 6.64. The molecule has 7 nitrogen and oxygen atoms in total. The fourth-order valence-corrected chi connectivity index (χ4v) is 4.09. The zero-order valence-electron chi connectivity index (χ0n) is 14.2. The van der Waals surface area contributed by atoms with Crippen LogP contribution in [0.4, 0.5) is 5.95 Å². The predicted octanol–water partition coefficient (Wildman–Crippen LogP) is 0.479. The van der Waals surface area contributed by atoms with Gasteiger partial charge in [0, 0.05) is 51.2 Å². The SMILES string of the molecule is CN1C[C@@H]2CC[C@H](C1)N(C(=O)c1cnc(N3CCOCC3)nc1)C2. The molecule has 1 aromatic rings. The zero-order valence-corrected chi connectivity index (χ0v) is 14.2. The molecule has 4 saturated heterocycles. The second-order valence-corrected chi connectivity index (χ2v) is 7.15. The number of ether oxygens (including phenoxy) is 1. The third kappa shape index (κ3) is 3.10. The van der Waals surface area contributed by atoms with Gasteiger partial charge in [0.15, 0.2) is 0 Å². The zero-order chi connectivity index (χ0) is 16.5. The van der Waals surface area contributed by atoms with Gasteiger partial charge in [-0.25, -0.2) is 9.97 Å². The molecule has 2 atom stereocenters. The molecule has 130 valence electrons. The summed E-state index contributed by atoms with van der Waals surface area (Å²) in [5, 5.41) is 0. The molecule has 7 heteroatoms. The van der Waals surface area contributed by atoms with Crippen molar-refractivity contribution in [2.45, 2.75) is 18.9 Å². The number of carbonyl (C=O) groups is 1. The number of anilines is 1. The van der Waals surface area contributed by atoms with Gasteiger partial charge in [-0.3, -0.25) is 4.79 Å². The first-order valence-electron chi connectivity index (χ1n) is 8.85. The van der Waals surface area contributed by atoms with E-state index in [-0.39, 0.29) is 5.91 Å². The Morgan fingerprint density at radius 3 is 2.62 bits per heavy atom. The van der Waals surface area contributed by atoms with Crippen LogP contribution in [-0.2, 0) is 4.74 Å². The Balaban J connectivity index is 1.48. The average molecular weight is 331 g/mol. The first-order chi connectivity index (χ1) is 11.7. The van der Waals surface area contributed by atoms with Crippen LogP contribution in [0.25, 0.3) is 0 Å². The minimum Gasteiger partial charge on any atom is -0.378 e. The van der Waals surface area contributed by atoms with E-state index >= 15 is 0 Å². The molecule has 5 heterocycles. The quantitative estimate of drug-likeness (QED) is 0.785. The van der Waals surface area contributed by atoms with Gasteiger partial charge in [0.1, 0.15) is 0 Å². The van der Waals surface area contributed by atoms with E-state index in [1.54, 1.807) is 12.4 Å². The first kappa shape index (κ1) is 15.8. The third-order valence-corrected chi connectivity index (χ3v) is 5.34. The highest BCUT2D eigenvalue weighted by atomic mass is 16.5. The molecule has 0 unspecified atom stereocenters. The van der Waals surface area contributed by atoms with Crippen molar-refractivity contribution in [1.29, 1.82) is 0 Å². The lowest BCUT2D eigenvalue weighted by molar-refractivity contribution is 0.0586. The average Bonchev–Trinajstić information content (AvgIpc) is 2.91. The summed E-state index contributed by atoms with van der Waals surface area (Å²) in [6.07, 6.45) is 5.70. The highest BCUT2D eigenvalue weighted by molar-refractivity contribution is 5.94. The van der Waals surface area contributed by atoms with Crippen LogP contribution in [0, 0.1) is 5.92 Å². The lowest BCUT2D eigenvalue weighted by Gasteiger charge is -2.36. The maximum absolute atomic E-state index is 12.9. The number of likely N-dealkylation sites (N-methyl/N-ethyl adjacent to an activating group) is 1. The van der Waals surface area contributed by atoms with E-state index in [9.17, 15) is 4.79 Å². The molecule has 4 fully saturated rings. The fraction of sp³-hybridized carbons (Fsp3) is 0.706. The molecule has 24 heavy (non-hydrogen) atoms. The lowest BCUT2D eigenvalue weighted by Crippen LogP contribution is -2.47. The van der Waals surface area contributed by atoms with Gasteiger partial charge < -0.3 is 19.4 Å². The van der Waals surface area contributed by atoms with Gasteiger partial charge in [0.2, 0.25) is 5.95 Å². The maximum atomic E-state index is 12.9. The largest absolute Gasteiger partial charge is 0.378 e. The number of aromatic nitrogens is 2. The molecule has 0 saturated carbocycles. The molecule has 1 amide bonds. The molecule has 1 aromatic heterocycles. The lowest BCUT2D eigenvalue weighted by atomic mass is 9.94. The summed E-state index contributed by atoms with van der Waals surface area (Å²) in [6, 6.07) is 0.320. The number of amides is 1. The normalized spacial score (nSPS) is 28.0. The molecule has 5 rings (SSSR count). The Bertz CT molecular complexity index is 587. The van der Waals surface area contributed by atoms with E-state index in [1.165, 1.54) is 6.42 Å². The summed E-state index contributed by atoms with van der Waals surface area (Å²) in [7, 11) is 2.15. The van der Waals surface area contributed by atoms with Gasteiger partial charge >= 0.3 is 0 Å². The van der Waals surface area contributed by atoms with Crippen LogP contribution in [0.3, 0.4) is 0 Å². The van der Waals surface area contributed by atoms with Gasteiger partial charge in [-0.15, -0.1) is 0 Å². The van der Waals surface area contributed by atoms with Gasteiger partial charge in [0.25, 0.3) is 5.91 Å². The number of nitrogens with zero attached hydrogens (tertiary/aromatic N) is 5. The Hall–Kier alpha value is -1.73. The highest BCUT2D eigenvalue weighted by Gasteiger charge is 2.36. The molecular weight excluding hydrogens is 306 g/mol. The Labute approximate surface area is 142 Å². The Morgan fingerprint density at radius 2 is 1.88 bits per heavy atom.